The van der Waals surface area contributed by atoms with Gasteiger partial charge in [-0.15, -0.1) is 6.42 Å². The third-order valence-electron chi connectivity index (χ3n) is 7.53. The zero-order valence-electron chi connectivity index (χ0n) is 21.2. The van der Waals surface area contributed by atoms with Gasteiger partial charge in [0.15, 0.2) is 0 Å². The van der Waals surface area contributed by atoms with Crippen LogP contribution in [0.1, 0.15) is 89.5 Å². The van der Waals surface area contributed by atoms with E-state index in [4.69, 9.17) is 15.9 Å². The minimum atomic E-state index is -0.375. The molecule has 1 aliphatic heterocycles. The van der Waals surface area contributed by atoms with E-state index < -0.39 is 0 Å². The van der Waals surface area contributed by atoms with Crippen LogP contribution in [-0.2, 0) is 14.3 Å². The lowest BCUT2D eigenvalue weighted by molar-refractivity contribution is -0.154. The van der Waals surface area contributed by atoms with Gasteiger partial charge in [0.1, 0.15) is 6.10 Å². The van der Waals surface area contributed by atoms with Gasteiger partial charge >= 0.3 is 12.1 Å². The summed E-state index contributed by atoms with van der Waals surface area (Å²) in [4.78, 5) is 26.1. The van der Waals surface area contributed by atoms with Crippen LogP contribution in [0, 0.1) is 25.2 Å². The van der Waals surface area contributed by atoms with Gasteiger partial charge in [0.05, 0.1) is 13.2 Å². The molecule has 0 aromatic heterocycles. The number of carbonyl (C=O) groups excluding carboxylic acids is 2. The number of aryl methyl sites for hydroxylation is 1. The summed E-state index contributed by atoms with van der Waals surface area (Å²) >= 11 is 0. The van der Waals surface area contributed by atoms with Crippen LogP contribution < -0.4 is 0 Å². The van der Waals surface area contributed by atoms with Crippen molar-refractivity contribution in [3.63, 3.8) is 0 Å². The molecular formula is C29H41NO4. The first kappa shape index (κ1) is 26.1. The van der Waals surface area contributed by atoms with Crippen LogP contribution in [0.2, 0.25) is 0 Å². The Balaban J connectivity index is 0.000000387. The third kappa shape index (κ3) is 6.34. The average molecular weight is 468 g/mol. The van der Waals surface area contributed by atoms with Gasteiger partial charge < -0.3 is 9.47 Å². The van der Waals surface area contributed by atoms with E-state index in [1.807, 2.05) is 0 Å². The van der Waals surface area contributed by atoms with Crippen molar-refractivity contribution in [3.05, 3.63) is 23.8 Å². The summed E-state index contributed by atoms with van der Waals surface area (Å²) in [5.41, 5.74) is 4.36. The SMILES string of the molecule is C#CC1C[C@H]2[C@@H](OC(=O)CCCCCCCCC)CCC[C@H]2N1C(=O)OC.Cc1cc2ccc1-2. The summed E-state index contributed by atoms with van der Waals surface area (Å²) in [6, 6.07) is 6.25. The molecule has 0 radical (unpaired) electrons. The van der Waals surface area contributed by atoms with Crippen LogP contribution in [0.4, 0.5) is 4.79 Å². The Morgan fingerprint density at radius 2 is 1.85 bits per heavy atom. The summed E-state index contributed by atoms with van der Waals surface area (Å²) in [7, 11) is 1.38. The Bertz CT molecular complexity index is 873. The fourth-order valence-electron chi connectivity index (χ4n) is 5.56. The molecule has 0 N–H and O–H groups in total. The highest BCUT2D eigenvalue weighted by Crippen LogP contribution is 2.41. The standard InChI is InChI=1S/C22H35NO4.C7H6/c1-4-6-7-8-9-10-11-15-21(24)27-20-14-12-13-19-18(20)16-17(5-2)23(19)22(25)26-3;1-5-4-6-2-3-7(5)6/h2,17-20H,4,6-16H2,1,3H3;2-4H,1H3/t17?,18-,19-,20+;/m1./s1. The van der Waals surface area contributed by atoms with Crippen LogP contribution >= 0.6 is 0 Å². The Kier molecular flexibility index (Phi) is 9.86. The van der Waals surface area contributed by atoms with E-state index in [9.17, 15) is 9.59 Å². The predicted octanol–water partition coefficient (Wildman–Crippen LogP) is 6.66. The van der Waals surface area contributed by atoms with Crippen molar-refractivity contribution in [2.45, 2.75) is 109 Å². The largest absolute Gasteiger partial charge is 0.462 e. The second-order valence-electron chi connectivity index (χ2n) is 9.89. The van der Waals surface area contributed by atoms with Crippen LogP contribution in [0.25, 0.3) is 11.1 Å². The van der Waals surface area contributed by atoms with Crippen LogP contribution in [0.5, 0.6) is 0 Å². The molecule has 1 unspecified atom stereocenters. The maximum absolute atomic E-state index is 12.3. The zero-order valence-corrected chi connectivity index (χ0v) is 21.2. The normalized spacial score (nSPS) is 23.8. The molecule has 34 heavy (non-hydrogen) atoms. The van der Waals surface area contributed by atoms with Crippen molar-refractivity contribution in [1.82, 2.24) is 4.90 Å². The van der Waals surface area contributed by atoms with E-state index in [-0.39, 0.29) is 36.2 Å². The molecule has 4 atom stereocenters. The number of rotatable bonds is 9. The van der Waals surface area contributed by atoms with Crippen molar-refractivity contribution in [2.75, 3.05) is 7.11 Å². The molecule has 1 saturated carbocycles. The fourth-order valence-corrected chi connectivity index (χ4v) is 5.56. The molecule has 0 aromatic rings. The van der Waals surface area contributed by atoms with Gasteiger partial charge in [0, 0.05) is 18.4 Å². The molecule has 0 spiro atoms. The van der Waals surface area contributed by atoms with E-state index in [1.54, 1.807) is 4.90 Å². The Morgan fingerprint density at radius 3 is 2.38 bits per heavy atom. The quantitative estimate of drug-likeness (QED) is 0.235. The third-order valence-corrected chi connectivity index (χ3v) is 7.53. The number of amides is 1. The monoisotopic (exact) mass is 467 g/mol. The topological polar surface area (TPSA) is 55.8 Å². The smallest absolute Gasteiger partial charge is 0.410 e. The van der Waals surface area contributed by atoms with Gasteiger partial charge in [-0.2, -0.15) is 0 Å². The summed E-state index contributed by atoms with van der Waals surface area (Å²) in [6.45, 7) is 4.36. The first-order valence-corrected chi connectivity index (χ1v) is 13.1. The molecule has 0 bridgehead atoms. The van der Waals surface area contributed by atoms with Gasteiger partial charge in [0.2, 0.25) is 0 Å². The number of likely N-dealkylation sites (tertiary alicyclic amines) is 1. The summed E-state index contributed by atoms with van der Waals surface area (Å²) < 4.78 is 10.7. The minimum Gasteiger partial charge on any atom is -0.462 e. The lowest BCUT2D eigenvalue weighted by Gasteiger charge is -2.36. The number of benzene rings is 1. The molecule has 4 aliphatic rings. The molecular weight excluding hydrogens is 426 g/mol. The number of terminal acetylenes is 1. The highest BCUT2D eigenvalue weighted by Gasteiger charge is 2.49. The molecule has 0 aromatic carbocycles. The summed E-state index contributed by atoms with van der Waals surface area (Å²) in [6.07, 6.45) is 17.3. The number of carbonyl (C=O) groups is 2. The molecule has 186 valence electrons. The van der Waals surface area contributed by atoms with E-state index in [2.05, 4.69) is 38.0 Å². The van der Waals surface area contributed by atoms with E-state index in [1.165, 1.54) is 55.9 Å². The van der Waals surface area contributed by atoms with E-state index in [0.29, 0.717) is 12.8 Å². The molecule has 2 fully saturated rings. The number of nitrogens with zero attached hydrogens (tertiary/aromatic N) is 1. The van der Waals surface area contributed by atoms with Crippen molar-refractivity contribution >= 4 is 12.1 Å². The Hall–Kier alpha value is -2.48. The first-order valence-electron chi connectivity index (χ1n) is 13.1. The number of hydrogen-bond acceptors (Lipinski definition) is 4. The maximum Gasteiger partial charge on any atom is 0.410 e. The number of hydrogen-bond donors (Lipinski definition) is 0. The molecule has 4 rings (SSSR count). The highest BCUT2D eigenvalue weighted by molar-refractivity contribution is 5.80. The first-order chi connectivity index (χ1) is 16.5. The lowest BCUT2D eigenvalue weighted by Crippen LogP contribution is -2.46. The molecule has 3 aliphatic carbocycles. The van der Waals surface area contributed by atoms with E-state index in [0.717, 1.165) is 32.1 Å². The van der Waals surface area contributed by atoms with Gasteiger partial charge in [-0.1, -0.05) is 69.6 Å². The van der Waals surface area contributed by atoms with Crippen LogP contribution in [-0.4, -0.2) is 42.3 Å². The van der Waals surface area contributed by atoms with Crippen molar-refractivity contribution in [3.8, 4) is 23.5 Å². The second kappa shape index (κ2) is 12.8. The lowest BCUT2D eigenvalue weighted by atomic mass is 9.82. The molecule has 5 heteroatoms. The number of unbranched alkanes of at least 4 members (excludes halogenated alkanes) is 6. The fraction of sp³-hybridized carbons (Fsp3) is 0.655. The zero-order chi connectivity index (χ0) is 24.5. The van der Waals surface area contributed by atoms with Gasteiger partial charge in [0.25, 0.3) is 0 Å². The molecule has 1 heterocycles. The van der Waals surface area contributed by atoms with Crippen molar-refractivity contribution in [1.29, 1.82) is 0 Å². The number of esters is 1. The van der Waals surface area contributed by atoms with Crippen molar-refractivity contribution < 1.29 is 19.1 Å². The summed E-state index contributed by atoms with van der Waals surface area (Å²) in [5.74, 6) is 2.72. The van der Waals surface area contributed by atoms with Gasteiger partial charge in [-0.25, -0.2) is 4.79 Å². The minimum absolute atomic E-state index is 0.0172. The molecule has 1 saturated heterocycles. The number of ether oxygens (including phenoxy) is 2. The number of methoxy groups -OCH3 is 1. The van der Waals surface area contributed by atoms with Crippen LogP contribution in [0.15, 0.2) is 18.2 Å². The van der Waals surface area contributed by atoms with E-state index >= 15 is 0 Å². The van der Waals surface area contributed by atoms with Gasteiger partial charge in [-0.3, -0.25) is 9.69 Å². The Labute approximate surface area is 205 Å². The van der Waals surface area contributed by atoms with Gasteiger partial charge in [-0.05, 0) is 55.7 Å². The molecule has 5 nitrogen and oxygen atoms in total. The Morgan fingerprint density at radius 1 is 1.12 bits per heavy atom. The second-order valence-corrected chi connectivity index (χ2v) is 9.89. The van der Waals surface area contributed by atoms with Crippen LogP contribution in [0.3, 0.4) is 0 Å². The maximum atomic E-state index is 12.3. The highest BCUT2D eigenvalue weighted by atomic mass is 16.5. The average Bonchev–Trinajstić information content (AvgIpc) is 3.21. The predicted molar refractivity (Wildman–Crippen MR) is 135 cm³/mol. The van der Waals surface area contributed by atoms with Crippen molar-refractivity contribution in [2.24, 2.45) is 5.92 Å². The number of fused-ring (bicyclic) bond motifs is 2. The summed E-state index contributed by atoms with van der Waals surface area (Å²) in [5, 5.41) is 0. The molecule has 1 amide bonds.